The van der Waals surface area contributed by atoms with Crippen molar-refractivity contribution in [3.63, 3.8) is 0 Å². The molecule has 0 aromatic heterocycles. The highest BCUT2D eigenvalue weighted by molar-refractivity contribution is 5.78. The summed E-state index contributed by atoms with van der Waals surface area (Å²) in [4.78, 5) is 14.0. The minimum atomic E-state index is 0.176. The summed E-state index contributed by atoms with van der Waals surface area (Å²) in [5, 5.41) is 6.42. The zero-order valence-electron chi connectivity index (χ0n) is 10.6. The molecular weight excluding hydrogens is 202 g/mol. The number of carbonyl (C=O) groups is 1. The molecule has 1 rings (SSSR count). The summed E-state index contributed by atoms with van der Waals surface area (Å²) in [5.41, 5.74) is 0. The van der Waals surface area contributed by atoms with Crippen LogP contribution in [0.5, 0.6) is 0 Å². The number of hydrogen-bond donors (Lipinski definition) is 2. The van der Waals surface area contributed by atoms with Crippen LogP contribution in [0.4, 0.5) is 0 Å². The summed E-state index contributed by atoms with van der Waals surface area (Å²) < 4.78 is 0. The summed E-state index contributed by atoms with van der Waals surface area (Å²) in [6, 6.07) is 0.345. The van der Waals surface area contributed by atoms with Crippen molar-refractivity contribution >= 4 is 5.91 Å². The summed E-state index contributed by atoms with van der Waals surface area (Å²) in [6.45, 7) is 8.87. The lowest BCUT2D eigenvalue weighted by molar-refractivity contribution is -0.123. The first kappa shape index (κ1) is 13.5. The van der Waals surface area contributed by atoms with Crippen LogP contribution < -0.4 is 10.6 Å². The molecule has 4 heteroatoms. The fraction of sp³-hybridized carbons (Fsp3) is 0.917. The third-order valence-electron chi connectivity index (χ3n) is 3.15. The predicted molar refractivity (Wildman–Crippen MR) is 66.4 cm³/mol. The van der Waals surface area contributed by atoms with Crippen LogP contribution in [-0.2, 0) is 4.79 Å². The minimum Gasteiger partial charge on any atom is -0.352 e. The van der Waals surface area contributed by atoms with Gasteiger partial charge in [-0.3, -0.25) is 9.69 Å². The minimum absolute atomic E-state index is 0.176. The zero-order valence-corrected chi connectivity index (χ0v) is 10.6. The predicted octanol–water partition coefficient (Wildman–Crippen LogP) is 0.587. The molecule has 1 aliphatic rings. The first-order chi connectivity index (χ1) is 7.76. The van der Waals surface area contributed by atoms with Crippen molar-refractivity contribution in [2.24, 2.45) is 0 Å². The van der Waals surface area contributed by atoms with Gasteiger partial charge in [0.05, 0.1) is 6.54 Å². The van der Waals surface area contributed by atoms with E-state index in [4.69, 9.17) is 0 Å². The molecule has 1 amide bonds. The molecule has 0 aliphatic carbocycles. The molecule has 16 heavy (non-hydrogen) atoms. The normalized spacial score (nSPS) is 18.4. The standard InChI is InChI=1S/C12H25N3O/c1-3-11(4-2)14-12(16)10-15-8-5-6-13-7-9-15/h11,13H,3-10H2,1-2H3,(H,14,16). The van der Waals surface area contributed by atoms with Crippen LogP contribution in [0.2, 0.25) is 0 Å². The van der Waals surface area contributed by atoms with Gasteiger partial charge in [-0.15, -0.1) is 0 Å². The Balaban J connectivity index is 2.26. The molecule has 1 aliphatic heterocycles. The molecule has 0 bridgehead atoms. The Morgan fingerprint density at radius 1 is 1.31 bits per heavy atom. The van der Waals surface area contributed by atoms with E-state index in [1.54, 1.807) is 0 Å². The Labute approximate surface area is 98.8 Å². The second-order valence-corrected chi connectivity index (χ2v) is 4.46. The first-order valence-corrected chi connectivity index (χ1v) is 6.48. The van der Waals surface area contributed by atoms with Gasteiger partial charge in [0.15, 0.2) is 0 Å². The van der Waals surface area contributed by atoms with Crippen LogP contribution >= 0.6 is 0 Å². The van der Waals surface area contributed by atoms with E-state index < -0.39 is 0 Å². The van der Waals surface area contributed by atoms with Gasteiger partial charge in [-0.05, 0) is 32.4 Å². The van der Waals surface area contributed by atoms with Crippen LogP contribution in [-0.4, -0.2) is 49.6 Å². The quantitative estimate of drug-likeness (QED) is 0.722. The van der Waals surface area contributed by atoms with Gasteiger partial charge in [-0.1, -0.05) is 13.8 Å². The van der Waals surface area contributed by atoms with Crippen LogP contribution in [0.1, 0.15) is 33.1 Å². The SMILES string of the molecule is CCC(CC)NC(=O)CN1CCCNCC1. The van der Waals surface area contributed by atoms with Crippen molar-refractivity contribution in [1.29, 1.82) is 0 Å². The molecule has 0 aromatic carbocycles. The summed E-state index contributed by atoms with van der Waals surface area (Å²) in [7, 11) is 0. The highest BCUT2D eigenvalue weighted by Crippen LogP contribution is 1.98. The number of rotatable bonds is 5. The molecule has 0 saturated carbocycles. The number of nitrogens with zero attached hydrogens (tertiary/aromatic N) is 1. The highest BCUT2D eigenvalue weighted by Gasteiger charge is 2.14. The average Bonchev–Trinajstić information content (AvgIpc) is 2.54. The van der Waals surface area contributed by atoms with Crippen molar-refractivity contribution in [2.45, 2.75) is 39.2 Å². The topological polar surface area (TPSA) is 44.4 Å². The van der Waals surface area contributed by atoms with Crippen LogP contribution in [0, 0.1) is 0 Å². The maximum atomic E-state index is 11.8. The largest absolute Gasteiger partial charge is 0.352 e. The molecule has 4 nitrogen and oxygen atoms in total. The Hall–Kier alpha value is -0.610. The lowest BCUT2D eigenvalue weighted by Crippen LogP contribution is -2.42. The number of carbonyl (C=O) groups excluding carboxylic acids is 1. The number of amides is 1. The van der Waals surface area contributed by atoms with E-state index in [1.165, 1.54) is 0 Å². The molecule has 0 atom stereocenters. The smallest absolute Gasteiger partial charge is 0.234 e. The van der Waals surface area contributed by atoms with Gasteiger partial charge in [-0.2, -0.15) is 0 Å². The molecule has 1 fully saturated rings. The Kier molecular flexibility index (Phi) is 6.42. The van der Waals surface area contributed by atoms with Gasteiger partial charge >= 0.3 is 0 Å². The van der Waals surface area contributed by atoms with Gasteiger partial charge in [0.25, 0.3) is 0 Å². The second-order valence-electron chi connectivity index (χ2n) is 4.46. The lowest BCUT2D eigenvalue weighted by Gasteiger charge is -2.21. The lowest BCUT2D eigenvalue weighted by atomic mass is 10.2. The van der Waals surface area contributed by atoms with Gasteiger partial charge in [0.2, 0.25) is 5.91 Å². The highest BCUT2D eigenvalue weighted by atomic mass is 16.2. The van der Waals surface area contributed by atoms with Crippen molar-refractivity contribution in [3.8, 4) is 0 Å². The maximum absolute atomic E-state index is 11.8. The van der Waals surface area contributed by atoms with Crippen molar-refractivity contribution in [1.82, 2.24) is 15.5 Å². The molecule has 0 aromatic rings. The van der Waals surface area contributed by atoms with E-state index in [-0.39, 0.29) is 5.91 Å². The molecule has 1 heterocycles. The van der Waals surface area contributed by atoms with Gasteiger partial charge in [-0.25, -0.2) is 0 Å². The third-order valence-corrected chi connectivity index (χ3v) is 3.15. The fourth-order valence-corrected chi connectivity index (χ4v) is 2.03. The van der Waals surface area contributed by atoms with Crippen LogP contribution in [0.15, 0.2) is 0 Å². The van der Waals surface area contributed by atoms with Crippen LogP contribution in [0.25, 0.3) is 0 Å². The Morgan fingerprint density at radius 2 is 2.06 bits per heavy atom. The average molecular weight is 227 g/mol. The van der Waals surface area contributed by atoms with E-state index in [0.29, 0.717) is 12.6 Å². The van der Waals surface area contributed by atoms with Gasteiger partial charge in [0, 0.05) is 19.1 Å². The molecule has 0 unspecified atom stereocenters. The van der Waals surface area contributed by atoms with Crippen molar-refractivity contribution in [3.05, 3.63) is 0 Å². The van der Waals surface area contributed by atoms with Crippen molar-refractivity contribution in [2.75, 3.05) is 32.7 Å². The second kappa shape index (κ2) is 7.63. The monoisotopic (exact) mass is 227 g/mol. The fourth-order valence-electron chi connectivity index (χ4n) is 2.03. The van der Waals surface area contributed by atoms with E-state index in [1.807, 2.05) is 0 Å². The van der Waals surface area contributed by atoms with Gasteiger partial charge in [0.1, 0.15) is 0 Å². The van der Waals surface area contributed by atoms with Crippen molar-refractivity contribution < 1.29 is 4.79 Å². The molecule has 94 valence electrons. The Bertz CT molecular complexity index is 196. The molecule has 1 saturated heterocycles. The Morgan fingerprint density at radius 3 is 2.75 bits per heavy atom. The van der Waals surface area contributed by atoms with Crippen LogP contribution in [0.3, 0.4) is 0 Å². The number of hydrogen-bond acceptors (Lipinski definition) is 3. The zero-order chi connectivity index (χ0) is 11.8. The molecular formula is C12H25N3O. The maximum Gasteiger partial charge on any atom is 0.234 e. The van der Waals surface area contributed by atoms with E-state index in [2.05, 4.69) is 29.4 Å². The third kappa shape index (κ3) is 4.94. The molecule has 0 spiro atoms. The van der Waals surface area contributed by atoms with Gasteiger partial charge < -0.3 is 10.6 Å². The van der Waals surface area contributed by atoms with E-state index in [9.17, 15) is 4.79 Å². The summed E-state index contributed by atoms with van der Waals surface area (Å²) >= 11 is 0. The summed E-state index contributed by atoms with van der Waals surface area (Å²) in [5.74, 6) is 0.176. The summed E-state index contributed by atoms with van der Waals surface area (Å²) in [6.07, 6.45) is 3.17. The van der Waals surface area contributed by atoms with E-state index in [0.717, 1.165) is 45.4 Å². The first-order valence-electron chi connectivity index (χ1n) is 6.48. The molecule has 0 radical (unpaired) electrons. The molecule has 2 N–H and O–H groups in total. The van der Waals surface area contributed by atoms with E-state index >= 15 is 0 Å². The number of nitrogens with one attached hydrogen (secondary N) is 2.